The Labute approximate surface area is 112 Å². The average molecular weight is 265 g/mol. The number of aryl methyl sites for hydroxylation is 1. The van der Waals surface area contributed by atoms with Crippen LogP contribution in [-0.4, -0.2) is 5.16 Å². The summed E-state index contributed by atoms with van der Waals surface area (Å²) in [6, 6.07) is 7.61. The van der Waals surface area contributed by atoms with Gasteiger partial charge in [0.15, 0.2) is 0 Å². The van der Waals surface area contributed by atoms with E-state index >= 15 is 0 Å². The quantitative estimate of drug-likeness (QED) is 0.819. The van der Waals surface area contributed by atoms with Gasteiger partial charge in [0.2, 0.25) is 5.88 Å². The van der Waals surface area contributed by atoms with Gasteiger partial charge >= 0.3 is 0 Å². The van der Waals surface area contributed by atoms with Crippen LogP contribution >= 0.6 is 11.6 Å². The molecule has 0 saturated carbocycles. The van der Waals surface area contributed by atoms with Crippen molar-refractivity contribution < 1.29 is 4.52 Å². The molecule has 0 radical (unpaired) electrons. The topological polar surface area (TPSA) is 52.0 Å². The van der Waals surface area contributed by atoms with Crippen molar-refractivity contribution in [1.29, 1.82) is 0 Å². The number of nitrogens with two attached hydrogens (primary N) is 1. The van der Waals surface area contributed by atoms with Gasteiger partial charge in [0.25, 0.3) is 0 Å². The lowest BCUT2D eigenvalue weighted by atomic mass is 10.0. The normalized spacial score (nSPS) is 10.8. The summed E-state index contributed by atoms with van der Waals surface area (Å²) in [4.78, 5) is 0. The van der Waals surface area contributed by atoms with Crippen molar-refractivity contribution in [2.75, 3.05) is 5.73 Å². The molecule has 0 saturated heterocycles. The molecule has 3 nitrogen and oxygen atoms in total. The van der Waals surface area contributed by atoms with Crippen molar-refractivity contribution in [2.24, 2.45) is 0 Å². The van der Waals surface area contributed by atoms with Gasteiger partial charge in [-0.25, -0.2) is 0 Å². The molecule has 2 N–H and O–H groups in total. The van der Waals surface area contributed by atoms with Gasteiger partial charge in [0.05, 0.1) is 11.3 Å². The van der Waals surface area contributed by atoms with Gasteiger partial charge in [-0.15, -0.1) is 0 Å². The number of hydrogen-bond donors (Lipinski definition) is 1. The van der Waals surface area contributed by atoms with Gasteiger partial charge in [-0.3, -0.25) is 0 Å². The molecule has 2 rings (SSSR count). The van der Waals surface area contributed by atoms with Crippen LogP contribution < -0.4 is 5.73 Å². The van der Waals surface area contributed by atoms with E-state index in [9.17, 15) is 0 Å². The number of halogens is 1. The molecule has 18 heavy (non-hydrogen) atoms. The minimum Gasteiger partial charge on any atom is -0.367 e. The minimum atomic E-state index is 0.342. The number of nitrogen functional groups attached to an aromatic ring is 1. The van der Waals surface area contributed by atoms with Gasteiger partial charge in [0, 0.05) is 10.6 Å². The van der Waals surface area contributed by atoms with Crippen LogP contribution in [0.25, 0.3) is 11.1 Å². The number of anilines is 1. The summed E-state index contributed by atoms with van der Waals surface area (Å²) < 4.78 is 5.10. The summed E-state index contributed by atoms with van der Waals surface area (Å²) >= 11 is 6.20. The van der Waals surface area contributed by atoms with Gasteiger partial charge in [-0.2, -0.15) is 0 Å². The number of benzene rings is 1. The van der Waals surface area contributed by atoms with Gasteiger partial charge in [-0.1, -0.05) is 54.7 Å². The van der Waals surface area contributed by atoms with E-state index in [1.54, 1.807) is 0 Å². The highest BCUT2D eigenvalue weighted by molar-refractivity contribution is 6.33. The Bertz CT molecular complexity index is 522. The summed E-state index contributed by atoms with van der Waals surface area (Å²) in [5, 5.41) is 4.72. The lowest BCUT2D eigenvalue weighted by Crippen LogP contribution is -1.92. The first-order chi connectivity index (χ1) is 8.74. The molecule has 0 spiro atoms. The molecular weight excluding hydrogens is 248 g/mol. The smallest absolute Gasteiger partial charge is 0.230 e. The summed E-state index contributed by atoms with van der Waals surface area (Å²) in [5.41, 5.74) is 8.49. The molecular formula is C14H17ClN2O. The third kappa shape index (κ3) is 2.67. The molecule has 0 amide bonds. The Morgan fingerprint density at radius 1 is 1.28 bits per heavy atom. The predicted octanol–water partition coefficient (Wildman–Crippen LogP) is 4.31. The van der Waals surface area contributed by atoms with E-state index < -0.39 is 0 Å². The highest BCUT2D eigenvalue weighted by Gasteiger charge is 2.17. The van der Waals surface area contributed by atoms with E-state index in [2.05, 4.69) is 12.1 Å². The Balaban J connectivity index is 2.32. The SMILES string of the molecule is CCCCCc1noc(N)c1-c1ccccc1Cl. The third-order valence-electron chi connectivity index (χ3n) is 2.95. The fourth-order valence-electron chi connectivity index (χ4n) is 2.00. The van der Waals surface area contributed by atoms with Crippen LogP contribution in [0.2, 0.25) is 5.02 Å². The first-order valence-corrected chi connectivity index (χ1v) is 6.60. The fourth-order valence-corrected chi connectivity index (χ4v) is 2.23. The van der Waals surface area contributed by atoms with E-state index in [1.807, 2.05) is 24.3 Å². The maximum absolute atomic E-state index is 6.20. The Morgan fingerprint density at radius 3 is 2.78 bits per heavy atom. The van der Waals surface area contributed by atoms with E-state index in [-0.39, 0.29) is 0 Å². The van der Waals surface area contributed by atoms with E-state index in [0.717, 1.165) is 29.7 Å². The summed E-state index contributed by atoms with van der Waals surface area (Å²) in [5.74, 6) is 0.342. The number of unbranched alkanes of at least 4 members (excludes halogenated alkanes) is 2. The largest absolute Gasteiger partial charge is 0.367 e. The molecule has 4 heteroatoms. The van der Waals surface area contributed by atoms with Crippen LogP contribution in [0.15, 0.2) is 28.8 Å². The standard InChI is InChI=1S/C14H17ClN2O/c1-2-3-4-9-12-13(14(16)18-17-12)10-7-5-6-8-11(10)15/h5-8H,2-4,9,16H2,1H3. The first kappa shape index (κ1) is 13.0. The molecule has 1 heterocycles. The van der Waals surface area contributed by atoms with Gasteiger partial charge in [0.1, 0.15) is 0 Å². The van der Waals surface area contributed by atoms with Crippen molar-refractivity contribution >= 4 is 17.5 Å². The number of hydrogen-bond acceptors (Lipinski definition) is 3. The van der Waals surface area contributed by atoms with Crippen LogP contribution in [0.1, 0.15) is 31.9 Å². The molecule has 0 aliphatic carbocycles. The van der Waals surface area contributed by atoms with Crippen molar-refractivity contribution in [3.8, 4) is 11.1 Å². The van der Waals surface area contributed by atoms with Crippen LogP contribution in [0, 0.1) is 0 Å². The predicted molar refractivity (Wildman–Crippen MR) is 74.6 cm³/mol. The lowest BCUT2D eigenvalue weighted by molar-refractivity contribution is 0.426. The molecule has 1 aromatic heterocycles. The van der Waals surface area contributed by atoms with E-state index in [4.69, 9.17) is 21.9 Å². The van der Waals surface area contributed by atoms with Gasteiger partial charge < -0.3 is 10.3 Å². The number of nitrogens with zero attached hydrogens (tertiary/aromatic N) is 1. The lowest BCUT2D eigenvalue weighted by Gasteiger charge is -2.04. The van der Waals surface area contributed by atoms with Crippen molar-refractivity contribution in [2.45, 2.75) is 32.6 Å². The molecule has 0 aliphatic heterocycles. The Morgan fingerprint density at radius 2 is 2.06 bits per heavy atom. The first-order valence-electron chi connectivity index (χ1n) is 6.23. The van der Waals surface area contributed by atoms with Crippen LogP contribution in [0.5, 0.6) is 0 Å². The zero-order chi connectivity index (χ0) is 13.0. The second-order valence-electron chi connectivity index (χ2n) is 4.31. The van der Waals surface area contributed by atoms with Crippen LogP contribution in [0.3, 0.4) is 0 Å². The molecule has 96 valence electrons. The molecule has 0 fully saturated rings. The second-order valence-corrected chi connectivity index (χ2v) is 4.71. The fraction of sp³-hybridized carbons (Fsp3) is 0.357. The van der Waals surface area contributed by atoms with Crippen molar-refractivity contribution in [3.05, 3.63) is 35.0 Å². The zero-order valence-electron chi connectivity index (χ0n) is 10.4. The summed E-state index contributed by atoms with van der Waals surface area (Å²) in [6.07, 6.45) is 4.30. The molecule has 0 bridgehead atoms. The second kappa shape index (κ2) is 5.91. The highest BCUT2D eigenvalue weighted by Crippen LogP contribution is 2.35. The summed E-state index contributed by atoms with van der Waals surface area (Å²) in [6.45, 7) is 2.17. The maximum atomic E-state index is 6.20. The Kier molecular flexibility index (Phi) is 4.26. The number of aromatic nitrogens is 1. The average Bonchev–Trinajstić information content (AvgIpc) is 2.72. The minimum absolute atomic E-state index is 0.342. The maximum Gasteiger partial charge on any atom is 0.230 e. The van der Waals surface area contributed by atoms with Crippen molar-refractivity contribution in [1.82, 2.24) is 5.16 Å². The summed E-state index contributed by atoms with van der Waals surface area (Å²) in [7, 11) is 0. The van der Waals surface area contributed by atoms with E-state index in [1.165, 1.54) is 12.8 Å². The molecule has 0 atom stereocenters. The van der Waals surface area contributed by atoms with Crippen LogP contribution in [0.4, 0.5) is 5.88 Å². The molecule has 0 unspecified atom stereocenters. The van der Waals surface area contributed by atoms with E-state index in [0.29, 0.717) is 10.9 Å². The number of rotatable bonds is 5. The highest BCUT2D eigenvalue weighted by atomic mass is 35.5. The third-order valence-corrected chi connectivity index (χ3v) is 3.28. The Hall–Kier alpha value is -1.48. The molecule has 1 aromatic carbocycles. The monoisotopic (exact) mass is 264 g/mol. The molecule has 0 aliphatic rings. The molecule has 2 aromatic rings. The van der Waals surface area contributed by atoms with Gasteiger partial charge in [-0.05, 0) is 18.9 Å². The zero-order valence-corrected chi connectivity index (χ0v) is 11.2. The van der Waals surface area contributed by atoms with Crippen molar-refractivity contribution in [3.63, 3.8) is 0 Å². The van der Waals surface area contributed by atoms with Crippen LogP contribution in [-0.2, 0) is 6.42 Å².